The number of hydrogen-bond acceptors (Lipinski definition) is 3. The molecule has 0 aliphatic heterocycles. The van der Waals surface area contributed by atoms with Crippen LogP contribution in [0.25, 0.3) is 0 Å². The summed E-state index contributed by atoms with van der Waals surface area (Å²) in [5, 5.41) is 0. The SMILES string of the molecule is OP(O)OCCl.[NaH]. The molecule has 7 heavy (non-hydrogen) atoms. The molecule has 0 aromatic heterocycles. The first-order chi connectivity index (χ1) is 2.77. The van der Waals surface area contributed by atoms with Gasteiger partial charge in [0.05, 0.1) is 0 Å². The van der Waals surface area contributed by atoms with Crippen LogP contribution in [0.3, 0.4) is 0 Å². The first-order valence-corrected chi connectivity index (χ1v) is 2.84. The third kappa shape index (κ3) is 11.3. The van der Waals surface area contributed by atoms with E-state index in [4.69, 9.17) is 21.4 Å². The van der Waals surface area contributed by atoms with Gasteiger partial charge in [-0.15, -0.1) is 0 Å². The van der Waals surface area contributed by atoms with Gasteiger partial charge in [-0.25, -0.2) is 0 Å². The van der Waals surface area contributed by atoms with Crippen molar-refractivity contribution < 1.29 is 14.3 Å². The van der Waals surface area contributed by atoms with Crippen LogP contribution in [0.15, 0.2) is 0 Å². The van der Waals surface area contributed by atoms with Crippen molar-refractivity contribution in [3.8, 4) is 0 Å². The van der Waals surface area contributed by atoms with Crippen LogP contribution in [0.1, 0.15) is 0 Å². The molecule has 0 aromatic rings. The summed E-state index contributed by atoms with van der Waals surface area (Å²) in [4.78, 5) is 15.7. The summed E-state index contributed by atoms with van der Waals surface area (Å²) in [6.07, 6.45) is 0. The van der Waals surface area contributed by atoms with E-state index in [1.54, 1.807) is 0 Å². The standard InChI is InChI=1S/CH4ClO3P.Na.H/c2-1-5-6(3)4;;/h3-4H,1H2;;. The molecule has 0 spiro atoms. The van der Waals surface area contributed by atoms with Crippen LogP contribution in [-0.2, 0) is 4.52 Å². The minimum absolute atomic E-state index is 0. The monoisotopic (exact) mass is 154 g/mol. The van der Waals surface area contributed by atoms with Gasteiger partial charge in [0.2, 0.25) is 0 Å². The Labute approximate surface area is 69.9 Å². The van der Waals surface area contributed by atoms with E-state index in [0.717, 1.165) is 0 Å². The van der Waals surface area contributed by atoms with Crippen LogP contribution in [0.4, 0.5) is 0 Å². The fourth-order valence-electron chi connectivity index (χ4n) is 0.0436. The maximum atomic E-state index is 7.87. The summed E-state index contributed by atoms with van der Waals surface area (Å²) in [5.41, 5.74) is 0. The van der Waals surface area contributed by atoms with Crippen molar-refractivity contribution in [2.45, 2.75) is 0 Å². The Morgan fingerprint density at radius 1 is 1.57 bits per heavy atom. The Morgan fingerprint density at radius 2 is 2.00 bits per heavy atom. The molecule has 40 valence electrons. The molecule has 0 bridgehead atoms. The van der Waals surface area contributed by atoms with Gasteiger partial charge < -0.3 is 9.79 Å². The van der Waals surface area contributed by atoms with Crippen LogP contribution < -0.4 is 0 Å². The van der Waals surface area contributed by atoms with Crippen LogP contribution >= 0.6 is 20.2 Å². The second kappa shape index (κ2) is 7.60. The van der Waals surface area contributed by atoms with Gasteiger partial charge in [-0.05, 0) is 0 Å². The predicted molar refractivity (Wildman–Crippen MR) is 30.3 cm³/mol. The molecule has 0 saturated heterocycles. The fourth-order valence-corrected chi connectivity index (χ4v) is 0.393. The van der Waals surface area contributed by atoms with Crippen LogP contribution in [0, 0.1) is 0 Å². The normalized spacial score (nSPS) is 8.57. The topological polar surface area (TPSA) is 49.7 Å². The van der Waals surface area contributed by atoms with Gasteiger partial charge in [0.1, 0.15) is 6.07 Å². The molecular weight excluding hydrogens is 149 g/mol. The number of alkyl halides is 1. The number of halogens is 1. The van der Waals surface area contributed by atoms with Crippen LogP contribution in [0.2, 0.25) is 0 Å². The van der Waals surface area contributed by atoms with Gasteiger partial charge in [-0.1, -0.05) is 11.6 Å². The van der Waals surface area contributed by atoms with Gasteiger partial charge in [-0.2, -0.15) is 0 Å². The molecule has 3 nitrogen and oxygen atoms in total. The van der Waals surface area contributed by atoms with E-state index in [9.17, 15) is 0 Å². The van der Waals surface area contributed by atoms with Gasteiger partial charge >= 0.3 is 38.2 Å². The Balaban J connectivity index is 0. The molecule has 0 aromatic carbocycles. The Hall–Kier alpha value is 1.60. The van der Waals surface area contributed by atoms with Gasteiger partial charge in [-0.3, -0.25) is 4.52 Å². The van der Waals surface area contributed by atoms with E-state index in [1.807, 2.05) is 0 Å². The van der Waals surface area contributed by atoms with Crippen molar-refractivity contribution in [2.75, 3.05) is 6.07 Å². The average Bonchev–Trinajstić information content (AvgIpc) is 1.35. The van der Waals surface area contributed by atoms with Crippen molar-refractivity contribution in [1.82, 2.24) is 0 Å². The first-order valence-electron chi connectivity index (χ1n) is 1.14. The van der Waals surface area contributed by atoms with Crippen LogP contribution in [-0.4, -0.2) is 45.4 Å². The summed E-state index contributed by atoms with van der Waals surface area (Å²) in [5.74, 6) is 0. The van der Waals surface area contributed by atoms with E-state index >= 15 is 0 Å². The zero-order valence-electron chi connectivity index (χ0n) is 2.83. The van der Waals surface area contributed by atoms with E-state index in [2.05, 4.69) is 4.52 Å². The molecule has 0 saturated carbocycles. The molecule has 0 unspecified atom stereocenters. The van der Waals surface area contributed by atoms with E-state index in [0.29, 0.717) is 0 Å². The summed E-state index contributed by atoms with van der Waals surface area (Å²) < 4.78 is 3.98. The van der Waals surface area contributed by atoms with Crippen LogP contribution in [0.5, 0.6) is 0 Å². The van der Waals surface area contributed by atoms with Gasteiger partial charge in [0, 0.05) is 0 Å². The number of rotatable bonds is 2. The molecule has 0 heterocycles. The Morgan fingerprint density at radius 3 is 2.00 bits per heavy atom. The molecule has 0 atom stereocenters. The molecule has 0 aliphatic carbocycles. The van der Waals surface area contributed by atoms with Gasteiger partial charge in [0.15, 0.2) is 0 Å². The Kier molecular flexibility index (Phi) is 12.4. The van der Waals surface area contributed by atoms with E-state index in [1.165, 1.54) is 0 Å². The quantitative estimate of drug-likeness (QED) is 0.328. The molecule has 2 N–H and O–H groups in total. The molecule has 0 aliphatic rings. The third-order valence-electron chi connectivity index (χ3n) is 0.164. The van der Waals surface area contributed by atoms with Crippen molar-refractivity contribution in [1.29, 1.82) is 0 Å². The van der Waals surface area contributed by atoms with Crippen molar-refractivity contribution in [2.24, 2.45) is 0 Å². The maximum absolute atomic E-state index is 7.87. The third-order valence-corrected chi connectivity index (χ3v) is 0.786. The fraction of sp³-hybridized carbons (Fsp3) is 1.00. The van der Waals surface area contributed by atoms with E-state index < -0.39 is 8.60 Å². The van der Waals surface area contributed by atoms with Crippen molar-refractivity contribution in [3.05, 3.63) is 0 Å². The predicted octanol–water partition coefficient (Wildman–Crippen LogP) is -0.238. The van der Waals surface area contributed by atoms with E-state index in [-0.39, 0.29) is 35.6 Å². The molecule has 0 rings (SSSR count). The summed E-state index contributed by atoms with van der Waals surface area (Å²) in [6, 6.07) is -0.168. The second-order valence-corrected chi connectivity index (χ2v) is 1.47. The summed E-state index contributed by atoms with van der Waals surface area (Å²) in [6.45, 7) is 0. The second-order valence-electron chi connectivity index (χ2n) is 0.491. The number of hydrogen-bond donors (Lipinski definition) is 2. The average molecular weight is 154 g/mol. The molecular formula is CH5ClNaO3P. The van der Waals surface area contributed by atoms with Crippen molar-refractivity contribution in [3.63, 3.8) is 0 Å². The zero-order chi connectivity index (χ0) is 4.99. The molecule has 0 amide bonds. The molecule has 6 heteroatoms. The summed E-state index contributed by atoms with van der Waals surface area (Å²) in [7, 11) is -2.23. The van der Waals surface area contributed by atoms with Crippen molar-refractivity contribution >= 4 is 49.8 Å². The first kappa shape index (κ1) is 11.4. The zero-order valence-corrected chi connectivity index (χ0v) is 4.49. The molecule has 0 fully saturated rings. The Bertz CT molecular complexity index is 36.1. The van der Waals surface area contributed by atoms with Gasteiger partial charge in [0.25, 0.3) is 0 Å². The minimum atomic E-state index is -2.23. The molecule has 0 radical (unpaired) electrons. The summed E-state index contributed by atoms with van der Waals surface area (Å²) >= 11 is 4.87.